The SMILES string of the molecule is CC.O=C(c1cnc(C2CC2)nc1)N(Cc1ccc2c3c(c(Cl)nc2c1)COC3)C1CCc2ccccc21. The maximum atomic E-state index is 13.9. The van der Waals surface area contributed by atoms with Crippen LogP contribution in [-0.2, 0) is 30.9 Å². The van der Waals surface area contributed by atoms with Gasteiger partial charge in [-0.3, -0.25) is 4.79 Å². The van der Waals surface area contributed by atoms with Crippen LogP contribution >= 0.6 is 11.6 Å². The molecule has 0 saturated heterocycles. The topological polar surface area (TPSA) is 68.2 Å². The number of hydrogen-bond donors (Lipinski definition) is 0. The molecule has 0 spiro atoms. The molecule has 3 aliphatic rings. The molecule has 1 unspecified atom stereocenters. The summed E-state index contributed by atoms with van der Waals surface area (Å²) in [5.74, 6) is 1.25. The summed E-state index contributed by atoms with van der Waals surface area (Å²) in [4.78, 5) is 29.5. The molecular formula is C31H31ClN4O2. The maximum absolute atomic E-state index is 13.9. The van der Waals surface area contributed by atoms with Crippen molar-refractivity contribution in [1.82, 2.24) is 19.9 Å². The lowest BCUT2D eigenvalue weighted by molar-refractivity contribution is 0.0657. The Kier molecular flexibility index (Phi) is 6.85. The van der Waals surface area contributed by atoms with Gasteiger partial charge in [-0.2, -0.15) is 0 Å². The predicted octanol–water partition coefficient (Wildman–Crippen LogP) is 6.94. The van der Waals surface area contributed by atoms with E-state index in [0.29, 0.717) is 36.4 Å². The Bertz CT molecular complexity index is 1500. The smallest absolute Gasteiger partial charge is 0.257 e. The van der Waals surface area contributed by atoms with Crippen molar-refractivity contribution in [1.29, 1.82) is 0 Å². The highest BCUT2D eigenvalue weighted by Crippen LogP contribution is 2.39. The van der Waals surface area contributed by atoms with Crippen molar-refractivity contribution in [3.05, 3.63) is 99.2 Å². The van der Waals surface area contributed by atoms with Gasteiger partial charge >= 0.3 is 0 Å². The zero-order chi connectivity index (χ0) is 26.2. The molecule has 1 fully saturated rings. The summed E-state index contributed by atoms with van der Waals surface area (Å²) in [6.07, 6.45) is 7.52. The number of aromatic nitrogens is 3. The Hall–Kier alpha value is -3.35. The Balaban J connectivity index is 0.00000129. The fourth-order valence-corrected chi connectivity index (χ4v) is 5.86. The molecular weight excluding hydrogens is 496 g/mol. The van der Waals surface area contributed by atoms with Crippen LogP contribution in [0.1, 0.15) is 89.1 Å². The van der Waals surface area contributed by atoms with Crippen molar-refractivity contribution in [2.24, 2.45) is 0 Å². The summed E-state index contributed by atoms with van der Waals surface area (Å²) in [7, 11) is 0. The minimum absolute atomic E-state index is 0.00234. The van der Waals surface area contributed by atoms with Gasteiger partial charge in [0.25, 0.3) is 5.91 Å². The van der Waals surface area contributed by atoms with E-state index in [0.717, 1.165) is 59.1 Å². The highest BCUT2D eigenvalue weighted by molar-refractivity contribution is 6.30. The minimum Gasteiger partial charge on any atom is -0.372 e. The predicted molar refractivity (Wildman–Crippen MR) is 148 cm³/mol. The Morgan fingerprint density at radius 2 is 1.79 bits per heavy atom. The number of carbonyl (C=O) groups excluding carboxylic acids is 1. The molecule has 7 heteroatoms. The number of aryl methyl sites for hydroxylation is 1. The van der Waals surface area contributed by atoms with Crippen molar-refractivity contribution in [2.45, 2.75) is 71.2 Å². The highest BCUT2D eigenvalue weighted by atomic mass is 35.5. The Morgan fingerprint density at radius 3 is 2.58 bits per heavy atom. The quantitative estimate of drug-likeness (QED) is 0.263. The van der Waals surface area contributed by atoms with Gasteiger partial charge in [-0.05, 0) is 54.0 Å². The second-order valence-corrected chi connectivity index (χ2v) is 10.4. The fourth-order valence-electron chi connectivity index (χ4n) is 5.60. The van der Waals surface area contributed by atoms with Gasteiger partial charge in [-0.1, -0.05) is 61.8 Å². The van der Waals surface area contributed by atoms with Crippen LogP contribution < -0.4 is 0 Å². The van der Waals surface area contributed by atoms with Crippen molar-refractivity contribution < 1.29 is 9.53 Å². The van der Waals surface area contributed by atoms with Gasteiger partial charge in [0.2, 0.25) is 0 Å². The number of ether oxygens (including phenoxy) is 1. The van der Waals surface area contributed by atoms with Crippen LogP contribution in [0.5, 0.6) is 0 Å². The zero-order valence-electron chi connectivity index (χ0n) is 21.8. The van der Waals surface area contributed by atoms with Gasteiger partial charge in [0, 0.05) is 35.8 Å². The van der Waals surface area contributed by atoms with Gasteiger partial charge in [0.15, 0.2) is 0 Å². The molecule has 1 atom stereocenters. The maximum Gasteiger partial charge on any atom is 0.257 e. The molecule has 6 nitrogen and oxygen atoms in total. The average molecular weight is 527 g/mol. The molecule has 194 valence electrons. The van der Waals surface area contributed by atoms with Crippen LogP contribution in [0.15, 0.2) is 54.9 Å². The molecule has 0 N–H and O–H groups in total. The van der Waals surface area contributed by atoms with Crippen molar-refractivity contribution in [3.8, 4) is 0 Å². The van der Waals surface area contributed by atoms with E-state index in [9.17, 15) is 4.79 Å². The molecule has 0 bridgehead atoms. The fraction of sp³-hybridized carbons (Fsp3) is 0.355. The largest absolute Gasteiger partial charge is 0.372 e. The lowest BCUT2D eigenvalue weighted by atomic mass is 10.0. The highest BCUT2D eigenvalue weighted by Gasteiger charge is 2.33. The molecule has 1 amide bonds. The third-order valence-corrected chi connectivity index (χ3v) is 7.98. The first kappa shape index (κ1) is 25.0. The standard InChI is InChI=1S/C29H25ClN4O2.C2H6/c30-27-24-16-36-15-23(24)22-9-5-17(11-25(22)33-27)14-34(26-10-8-18-3-1-2-4-21(18)26)29(35)20-12-31-28(32-13-20)19-6-7-19;1-2/h1-5,9,11-13,19,26H,6-8,10,14-16H2;1-2H3. The van der Waals surface area contributed by atoms with Crippen LogP contribution in [-0.4, -0.2) is 25.8 Å². The molecule has 0 radical (unpaired) electrons. The van der Waals surface area contributed by atoms with Crippen molar-refractivity contribution in [3.63, 3.8) is 0 Å². The first-order valence-electron chi connectivity index (χ1n) is 13.5. The first-order chi connectivity index (χ1) is 18.7. The second-order valence-electron chi connectivity index (χ2n) is 9.99. The zero-order valence-corrected chi connectivity index (χ0v) is 22.5. The number of fused-ring (bicyclic) bond motifs is 4. The summed E-state index contributed by atoms with van der Waals surface area (Å²) in [6.45, 7) is 5.52. The Morgan fingerprint density at radius 1 is 1.03 bits per heavy atom. The molecule has 1 saturated carbocycles. The molecule has 2 aliphatic carbocycles. The summed E-state index contributed by atoms with van der Waals surface area (Å²) >= 11 is 6.47. The number of carbonyl (C=O) groups is 1. The Labute approximate surface area is 228 Å². The molecule has 7 rings (SSSR count). The van der Waals surface area contributed by atoms with Gasteiger partial charge < -0.3 is 9.64 Å². The molecule has 38 heavy (non-hydrogen) atoms. The van der Waals surface area contributed by atoms with Gasteiger partial charge in [0.05, 0.1) is 30.3 Å². The molecule has 2 aromatic heterocycles. The number of rotatable bonds is 5. The van der Waals surface area contributed by atoms with E-state index >= 15 is 0 Å². The molecule has 1 aliphatic heterocycles. The molecule has 2 aromatic carbocycles. The number of hydrogen-bond acceptors (Lipinski definition) is 5. The van der Waals surface area contributed by atoms with E-state index in [1.54, 1.807) is 12.4 Å². The summed E-state index contributed by atoms with van der Waals surface area (Å²) in [5.41, 5.74) is 6.99. The van der Waals surface area contributed by atoms with E-state index in [1.165, 1.54) is 11.1 Å². The van der Waals surface area contributed by atoms with Crippen LogP contribution in [0.4, 0.5) is 0 Å². The first-order valence-corrected chi connectivity index (χ1v) is 13.9. The normalized spacial score (nSPS) is 17.5. The van der Waals surface area contributed by atoms with Crippen LogP contribution in [0.25, 0.3) is 10.9 Å². The van der Waals surface area contributed by atoms with Crippen LogP contribution in [0, 0.1) is 0 Å². The summed E-state index contributed by atoms with van der Waals surface area (Å²) < 4.78 is 5.62. The number of nitrogens with zero attached hydrogens (tertiary/aromatic N) is 4. The number of pyridine rings is 1. The van der Waals surface area contributed by atoms with E-state index in [2.05, 4.69) is 51.4 Å². The van der Waals surface area contributed by atoms with E-state index in [-0.39, 0.29) is 11.9 Å². The van der Waals surface area contributed by atoms with Crippen LogP contribution in [0.2, 0.25) is 5.15 Å². The monoisotopic (exact) mass is 526 g/mol. The third-order valence-electron chi connectivity index (χ3n) is 7.66. The molecule has 3 heterocycles. The van der Waals surface area contributed by atoms with Gasteiger partial charge in [-0.25, -0.2) is 15.0 Å². The minimum atomic E-state index is -0.0486. The van der Waals surface area contributed by atoms with Gasteiger partial charge in [0.1, 0.15) is 11.0 Å². The van der Waals surface area contributed by atoms with Crippen LogP contribution in [0.3, 0.4) is 0 Å². The lowest BCUT2D eigenvalue weighted by Crippen LogP contribution is -2.34. The summed E-state index contributed by atoms with van der Waals surface area (Å²) in [5, 5.41) is 1.56. The second kappa shape index (κ2) is 10.4. The lowest BCUT2D eigenvalue weighted by Gasteiger charge is -2.30. The van der Waals surface area contributed by atoms with E-state index in [4.69, 9.17) is 16.3 Å². The van der Waals surface area contributed by atoms with E-state index in [1.807, 2.05) is 24.8 Å². The summed E-state index contributed by atoms with van der Waals surface area (Å²) in [6, 6.07) is 14.6. The number of halogens is 1. The average Bonchev–Trinajstić information content (AvgIpc) is 3.53. The van der Waals surface area contributed by atoms with Gasteiger partial charge in [-0.15, -0.1) is 0 Å². The number of benzene rings is 2. The van der Waals surface area contributed by atoms with Crippen molar-refractivity contribution in [2.75, 3.05) is 0 Å². The van der Waals surface area contributed by atoms with Crippen molar-refractivity contribution >= 4 is 28.4 Å². The third kappa shape index (κ3) is 4.56. The number of amides is 1. The van der Waals surface area contributed by atoms with E-state index < -0.39 is 0 Å². The molecule has 4 aromatic rings.